The van der Waals surface area contributed by atoms with Gasteiger partial charge in [-0.1, -0.05) is 12.2 Å². The molecule has 0 aromatic heterocycles. The number of benzene rings is 1. The summed E-state index contributed by atoms with van der Waals surface area (Å²) in [7, 11) is 1.36. The third kappa shape index (κ3) is 6.15. The van der Waals surface area contributed by atoms with Crippen molar-refractivity contribution in [2.75, 3.05) is 31.2 Å². The molecule has 0 unspecified atom stereocenters. The van der Waals surface area contributed by atoms with Crippen molar-refractivity contribution in [3.63, 3.8) is 0 Å². The maximum absolute atomic E-state index is 14.1. The van der Waals surface area contributed by atoms with E-state index < -0.39 is 23.4 Å². The molecular formula is C17H25FN4O4. The lowest BCUT2D eigenvalue weighted by atomic mass is 10.1. The average molecular weight is 368 g/mol. The van der Waals surface area contributed by atoms with Gasteiger partial charge in [-0.15, -0.1) is 0 Å². The van der Waals surface area contributed by atoms with E-state index in [9.17, 15) is 14.0 Å². The second-order valence-corrected chi connectivity index (χ2v) is 6.33. The number of nitrogens with two attached hydrogens (primary N) is 2. The minimum atomic E-state index is -0.938. The number of carbonyl (C=O) groups excluding carboxylic acids is 2. The largest absolute Gasteiger partial charge is 0.494 e. The standard InChI is InChI=1S/C17H25FN4O4/c1-17(2,3)26-16(24)22-8-6-5-7-21-14-11(25-4)9-10(15(20)23)12(18)13(14)19/h5-6,9,21H,7-8,19H2,1-4H3,(H2,20,23)(H,22,24)/b6-5+. The Morgan fingerprint density at radius 3 is 2.42 bits per heavy atom. The van der Waals surface area contributed by atoms with Gasteiger partial charge in [0, 0.05) is 13.1 Å². The van der Waals surface area contributed by atoms with Crippen LogP contribution in [-0.4, -0.2) is 37.8 Å². The summed E-state index contributed by atoms with van der Waals surface area (Å²) in [6, 6.07) is 1.18. The highest BCUT2D eigenvalue weighted by atomic mass is 19.1. The number of carbonyl (C=O) groups is 2. The number of rotatable bonds is 7. The first-order valence-electron chi connectivity index (χ1n) is 7.88. The number of primary amides is 1. The van der Waals surface area contributed by atoms with Gasteiger partial charge in [0.2, 0.25) is 0 Å². The lowest BCUT2D eigenvalue weighted by Gasteiger charge is -2.19. The fraction of sp³-hybridized carbons (Fsp3) is 0.412. The first kappa shape index (κ1) is 21.1. The number of ether oxygens (including phenoxy) is 2. The second-order valence-electron chi connectivity index (χ2n) is 6.33. The number of methoxy groups -OCH3 is 1. The first-order valence-corrected chi connectivity index (χ1v) is 7.88. The summed E-state index contributed by atoms with van der Waals surface area (Å²) in [6.07, 6.45) is 2.87. The van der Waals surface area contributed by atoms with Gasteiger partial charge >= 0.3 is 6.09 Å². The number of amides is 2. The molecule has 0 aliphatic heterocycles. The molecule has 0 saturated carbocycles. The van der Waals surface area contributed by atoms with Crippen molar-refractivity contribution in [3.05, 3.63) is 29.6 Å². The lowest BCUT2D eigenvalue weighted by molar-refractivity contribution is 0.0534. The molecule has 0 saturated heterocycles. The molecule has 0 heterocycles. The molecule has 9 heteroatoms. The van der Waals surface area contributed by atoms with Crippen LogP contribution in [0.4, 0.5) is 20.6 Å². The van der Waals surface area contributed by atoms with Gasteiger partial charge in [0.15, 0.2) is 5.82 Å². The molecule has 0 radical (unpaired) electrons. The van der Waals surface area contributed by atoms with Gasteiger partial charge in [0.05, 0.1) is 18.4 Å². The molecule has 144 valence electrons. The minimum absolute atomic E-state index is 0.193. The van der Waals surface area contributed by atoms with Crippen LogP contribution in [0.5, 0.6) is 5.75 Å². The summed E-state index contributed by atoms with van der Waals surface area (Å²) in [4.78, 5) is 22.7. The zero-order chi connectivity index (χ0) is 19.9. The fourth-order valence-electron chi connectivity index (χ4n) is 1.96. The Bertz CT molecular complexity index is 699. The summed E-state index contributed by atoms with van der Waals surface area (Å²) in [5.41, 5.74) is 9.85. The molecule has 26 heavy (non-hydrogen) atoms. The van der Waals surface area contributed by atoms with E-state index in [1.165, 1.54) is 13.2 Å². The highest BCUT2D eigenvalue weighted by molar-refractivity contribution is 5.96. The van der Waals surface area contributed by atoms with E-state index in [4.69, 9.17) is 20.9 Å². The molecule has 1 aromatic rings. The molecule has 8 nitrogen and oxygen atoms in total. The van der Waals surface area contributed by atoms with Gasteiger partial charge < -0.3 is 31.6 Å². The second kappa shape index (κ2) is 8.93. The van der Waals surface area contributed by atoms with Crippen molar-refractivity contribution in [2.45, 2.75) is 26.4 Å². The predicted octanol–water partition coefficient (Wildman–Crippen LogP) is 2.01. The molecule has 0 atom stereocenters. The van der Waals surface area contributed by atoms with Crippen LogP contribution in [-0.2, 0) is 4.74 Å². The lowest BCUT2D eigenvalue weighted by Crippen LogP contribution is -2.32. The van der Waals surface area contributed by atoms with Gasteiger partial charge in [-0.3, -0.25) is 4.79 Å². The maximum Gasteiger partial charge on any atom is 0.407 e. The van der Waals surface area contributed by atoms with E-state index in [-0.39, 0.29) is 35.8 Å². The van der Waals surface area contributed by atoms with E-state index >= 15 is 0 Å². The van der Waals surface area contributed by atoms with Crippen LogP contribution in [0.15, 0.2) is 18.2 Å². The van der Waals surface area contributed by atoms with Crippen molar-refractivity contribution in [1.29, 1.82) is 0 Å². The number of nitrogens with one attached hydrogen (secondary N) is 2. The third-order valence-corrected chi connectivity index (χ3v) is 3.08. The van der Waals surface area contributed by atoms with Crippen LogP contribution in [0.3, 0.4) is 0 Å². The van der Waals surface area contributed by atoms with Gasteiger partial charge in [0.25, 0.3) is 5.91 Å². The molecule has 0 aliphatic carbocycles. The van der Waals surface area contributed by atoms with E-state index in [2.05, 4.69) is 10.6 Å². The van der Waals surface area contributed by atoms with Crippen LogP contribution in [0.25, 0.3) is 0 Å². The van der Waals surface area contributed by atoms with E-state index in [0.717, 1.165) is 0 Å². The zero-order valence-electron chi connectivity index (χ0n) is 15.3. The molecule has 1 rings (SSSR count). The highest BCUT2D eigenvalue weighted by Crippen LogP contribution is 2.35. The van der Waals surface area contributed by atoms with E-state index in [1.807, 2.05) is 0 Å². The monoisotopic (exact) mass is 368 g/mol. The van der Waals surface area contributed by atoms with Crippen LogP contribution in [0.2, 0.25) is 0 Å². The maximum atomic E-state index is 14.1. The predicted molar refractivity (Wildman–Crippen MR) is 97.7 cm³/mol. The van der Waals surface area contributed by atoms with Crippen LogP contribution >= 0.6 is 0 Å². The fourth-order valence-corrected chi connectivity index (χ4v) is 1.96. The number of anilines is 2. The van der Waals surface area contributed by atoms with Crippen molar-refractivity contribution in [1.82, 2.24) is 5.32 Å². The smallest absolute Gasteiger partial charge is 0.407 e. The molecule has 0 aliphatic rings. The van der Waals surface area contributed by atoms with Crippen molar-refractivity contribution in [3.8, 4) is 5.75 Å². The van der Waals surface area contributed by atoms with Gasteiger partial charge in [-0.2, -0.15) is 0 Å². The average Bonchev–Trinajstić information content (AvgIpc) is 2.52. The normalized spacial score (nSPS) is 11.3. The summed E-state index contributed by atoms with van der Waals surface area (Å²) in [6.45, 7) is 5.86. The molecule has 1 aromatic carbocycles. The first-order chi connectivity index (χ1) is 12.1. The van der Waals surface area contributed by atoms with Gasteiger partial charge in [0.1, 0.15) is 17.0 Å². The third-order valence-electron chi connectivity index (χ3n) is 3.08. The Morgan fingerprint density at radius 2 is 1.88 bits per heavy atom. The zero-order valence-corrected chi connectivity index (χ0v) is 15.3. The number of hydrogen-bond donors (Lipinski definition) is 4. The molecule has 2 amide bonds. The molecule has 0 fully saturated rings. The summed E-state index contributed by atoms with van der Waals surface area (Å²) in [5, 5.41) is 5.46. The summed E-state index contributed by atoms with van der Waals surface area (Å²) < 4.78 is 24.3. The van der Waals surface area contributed by atoms with Crippen LogP contribution in [0, 0.1) is 5.82 Å². The van der Waals surface area contributed by atoms with E-state index in [0.29, 0.717) is 0 Å². The summed E-state index contributed by atoms with van der Waals surface area (Å²) >= 11 is 0. The van der Waals surface area contributed by atoms with Crippen molar-refractivity contribution >= 4 is 23.4 Å². The molecular weight excluding hydrogens is 343 g/mol. The Kier molecular flexibility index (Phi) is 7.24. The van der Waals surface area contributed by atoms with Crippen molar-refractivity contribution in [2.24, 2.45) is 5.73 Å². The number of hydrogen-bond acceptors (Lipinski definition) is 6. The van der Waals surface area contributed by atoms with Gasteiger partial charge in [-0.25, -0.2) is 9.18 Å². The van der Waals surface area contributed by atoms with Crippen molar-refractivity contribution < 1.29 is 23.5 Å². The number of nitrogen functional groups attached to an aromatic ring is 1. The molecule has 0 bridgehead atoms. The topological polar surface area (TPSA) is 129 Å². The van der Waals surface area contributed by atoms with Gasteiger partial charge in [-0.05, 0) is 26.8 Å². The Hall–Kier alpha value is -2.97. The molecule has 0 spiro atoms. The highest BCUT2D eigenvalue weighted by Gasteiger charge is 2.19. The quantitative estimate of drug-likeness (QED) is 0.430. The number of halogens is 1. The summed E-state index contributed by atoms with van der Waals surface area (Å²) in [5.74, 6) is -1.65. The molecule has 6 N–H and O–H groups in total. The Balaban J connectivity index is 2.64. The number of alkyl carbamates (subject to hydrolysis) is 1. The minimum Gasteiger partial charge on any atom is -0.494 e. The Labute approximate surface area is 151 Å². The van der Waals surface area contributed by atoms with E-state index in [1.54, 1.807) is 32.9 Å². The SMILES string of the molecule is COc1cc(C(N)=O)c(F)c(N)c1NC/C=C/CNC(=O)OC(C)(C)C. The van der Waals surface area contributed by atoms with Crippen LogP contribution < -0.4 is 26.8 Å². The van der Waals surface area contributed by atoms with Crippen LogP contribution in [0.1, 0.15) is 31.1 Å². The Morgan fingerprint density at radius 1 is 1.27 bits per heavy atom.